The Labute approximate surface area is 218 Å². The van der Waals surface area contributed by atoms with Gasteiger partial charge in [-0.15, -0.1) is 0 Å². The summed E-state index contributed by atoms with van der Waals surface area (Å²) in [7, 11) is 0. The molecule has 0 saturated heterocycles. The minimum atomic E-state index is 0. The van der Waals surface area contributed by atoms with Crippen LogP contribution >= 0.6 is 0 Å². The number of fused-ring (bicyclic) bond motifs is 3. The first-order chi connectivity index (χ1) is 16.6. The summed E-state index contributed by atoms with van der Waals surface area (Å²) in [5, 5.41) is 6.96. The molecule has 0 spiro atoms. The van der Waals surface area contributed by atoms with Crippen molar-refractivity contribution in [3.05, 3.63) is 108 Å². The number of rotatable bonds is 4. The number of aromatic nitrogens is 4. The van der Waals surface area contributed by atoms with Gasteiger partial charge in [-0.2, -0.15) is 5.10 Å². The fraction of sp³-hybridized carbons (Fsp3) is 0.103. The number of pyridine rings is 1. The number of hydrogen-bond acceptors (Lipinski definition) is 3. The zero-order chi connectivity index (χ0) is 23.2. The molecule has 0 aliphatic rings. The van der Waals surface area contributed by atoms with E-state index in [9.17, 15) is 0 Å². The van der Waals surface area contributed by atoms with Gasteiger partial charge in [-0.1, -0.05) is 24.3 Å². The van der Waals surface area contributed by atoms with Crippen molar-refractivity contribution in [1.82, 2.24) is 19.3 Å². The predicted octanol–water partition coefficient (Wildman–Crippen LogP) is 7.08. The molecule has 3 aromatic heterocycles. The average molecular weight is 640 g/mol. The Morgan fingerprint density at radius 2 is 1.51 bits per heavy atom. The quantitative estimate of drug-likeness (QED) is 0.207. The second-order valence-corrected chi connectivity index (χ2v) is 8.66. The van der Waals surface area contributed by atoms with E-state index < -0.39 is 0 Å². The van der Waals surface area contributed by atoms with Gasteiger partial charge in [-0.3, -0.25) is 4.57 Å². The summed E-state index contributed by atoms with van der Waals surface area (Å²) in [4.78, 5) is 4.66. The van der Waals surface area contributed by atoms with Gasteiger partial charge in [0, 0.05) is 55.9 Å². The van der Waals surface area contributed by atoms with E-state index in [2.05, 4.69) is 77.0 Å². The van der Waals surface area contributed by atoms with E-state index in [1.54, 1.807) is 0 Å². The van der Waals surface area contributed by atoms with Crippen molar-refractivity contribution in [2.24, 2.45) is 0 Å². The van der Waals surface area contributed by atoms with Crippen LogP contribution in [0, 0.1) is 20.8 Å². The van der Waals surface area contributed by atoms with Crippen LogP contribution in [0.15, 0.2) is 91.1 Å². The van der Waals surface area contributed by atoms with Gasteiger partial charge in [0.15, 0.2) is 0 Å². The van der Waals surface area contributed by atoms with E-state index >= 15 is 0 Å². The van der Waals surface area contributed by atoms with Crippen molar-refractivity contribution < 1.29 is 25.8 Å². The molecule has 0 aliphatic carbocycles. The first kappa shape index (κ1) is 23.1. The number of ether oxygens (including phenoxy) is 1. The van der Waals surface area contributed by atoms with Crippen LogP contribution in [0.4, 0.5) is 0 Å². The zero-order valence-corrected chi connectivity index (χ0v) is 21.9. The minimum absolute atomic E-state index is 0. The fourth-order valence-electron chi connectivity index (χ4n) is 4.61. The Balaban J connectivity index is 0.00000253. The molecule has 0 aliphatic heterocycles. The smallest absolute Gasteiger partial charge is 0.137 e. The molecule has 0 bridgehead atoms. The number of para-hydroxylation sites is 1. The number of hydrogen-bond donors (Lipinski definition) is 0. The van der Waals surface area contributed by atoms with Gasteiger partial charge in [0.2, 0.25) is 0 Å². The second-order valence-electron chi connectivity index (χ2n) is 8.66. The van der Waals surface area contributed by atoms with E-state index in [0.29, 0.717) is 0 Å². The molecule has 3 heterocycles. The number of nitrogens with zero attached hydrogens (tertiary/aromatic N) is 4. The topological polar surface area (TPSA) is 44.9 Å². The molecule has 0 fully saturated rings. The van der Waals surface area contributed by atoms with Crippen molar-refractivity contribution in [2.45, 2.75) is 20.8 Å². The first-order valence-corrected chi connectivity index (χ1v) is 11.3. The molecule has 176 valence electrons. The summed E-state index contributed by atoms with van der Waals surface area (Å²) in [6.45, 7) is 6.14. The Bertz CT molecular complexity index is 1680. The summed E-state index contributed by atoms with van der Waals surface area (Å²) in [6, 6.07) is 28.9. The Morgan fingerprint density at radius 3 is 2.31 bits per heavy atom. The van der Waals surface area contributed by atoms with Crippen LogP contribution < -0.4 is 4.74 Å². The fourth-order valence-corrected chi connectivity index (χ4v) is 4.61. The standard InChI is InChI=1S/C29H24N4O.Pt/c1-19-13-14-30-29(15-19)32-27-10-5-4-9-25(27)26-12-11-24(18-28(26)32)34-23-8-6-7-22(17-23)33-21(3)16-20(2)31-33;/h4-18H,1-3H3;. The third-order valence-corrected chi connectivity index (χ3v) is 6.08. The Morgan fingerprint density at radius 1 is 0.714 bits per heavy atom. The molecular weight excluding hydrogens is 615 g/mol. The third kappa shape index (κ3) is 4.17. The van der Waals surface area contributed by atoms with E-state index in [4.69, 9.17) is 4.74 Å². The molecule has 5 nitrogen and oxygen atoms in total. The normalized spacial score (nSPS) is 11.1. The third-order valence-electron chi connectivity index (χ3n) is 6.08. The van der Waals surface area contributed by atoms with Crippen LogP contribution in [0.1, 0.15) is 17.0 Å². The van der Waals surface area contributed by atoms with Crippen LogP contribution in [-0.4, -0.2) is 19.3 Å². The average Bonchev–Trinajstić information content (AvgIpc) is 3.35. The second kappa shape index (κ2) is 9.16. The molecule has 6 heteroatoms. The maximum Gasteiger partial charge on any atom is 0.137 e. The summed E-state index contributed by atoms with van der Waals surface area (Å²) in [6.07, 6.45) is 1.86. The van der Waals surface area contributed by atoms with Crippen LogP contribution in [0.5, 0.6) is 11.5 Å². The summed E-state index contributed by atoms with van der Waals surface area (Å²) in [5.74, 6) is 2.44. The van der Waals surface area contributed by atoms with Gasteiger partial charge in [0.1, 0.15) is 17.3 Å². The Kier molecular flexibility index (Phi) is 6.04. The molecule has 0 N–H and O–H groups in total. The predicted molar refractivity (Wildman–Crippen MR) is 136 cm³/mol. The van der Waals surface area contributed by atoms with Gasteiger partial charge >= 0.3 is 0 Å². The summed E-state index contributed by atoms with van der Waals surface area (Å²) < 4.78 is 10.5. The molecule has 3 aromatic carbocycles. The van der Waals surface area contributed by atoms with Gasteiger partial charge in [0.05, 0.1) is 22.4 Å². The molecule has 6 rings (SSSR count). The number of benzene rings is 3. The first-order valence-electron chi connectivity index (χ1n) is 11.3. The maximum atomic E-state index is 6.33. The molecule has 0 atom stereocenters. The van der Waals surface area contributed by atoms with Gasteiger partial charge < -0.3 is 4.74 Å². The maximum absolute atomic E-state index is 6.33. The molecule has 0 unspecified atom stereocenters. The van der Waals surface area contributed by atoms with Crippen molar-refractivity contribution in [3.8, 4) is 23.0 Å². The molecule has 0 radical (unpaired) electrons. The van der Waals surface area contributed by atoms with Crippen LogP contribution in [0.3, 0.4) is 0 Å². The largest absolute Gasteiger partial charge is 0.457 e. The minimum Gasteiger partial charge on any atom is -0.457 e. The van der Waals surface area contributed by atoms with Crippen molar-refractivity contribution in [3.63, 3.8) is 0 Å². The van der Waals surface area contributed by atoms with Crippen LogP contribution in [0.2, 0.25) is 0 Å². The number of aryl methyl sites for hydroxylation is 3. The van der Waals surface area contributed by atoms with E-state index in [1.807, 2.05) is 54.2 Å². The summed E-state index contributed by atoms with van der Waals surface area (Å²) in [5.41, 5.74) is 6.41. The monoisotopic (exact) mass is 639 g/mol. The van der Waals surface area contributed by atoms with Gasteiger partial charge in [0.25, 0.3) is 0 Å². The molecule has 0 amide bonds. The zero-order valence-electron chi connectivity index (χ0n) is 19.7. The van der Waals surface area contributed by atoms with Crippen LogP contribution in [-0.2, 0) is 21.1 Å². The van der Waals surface area contributed by atoms with Gasteiger partial charge in [-0.05, 0) is 74.9 Å². The molecule has 0 saturated carbocycles. The van der Waals surface area contributed by atoms with Crippen molar-refractivity contribution >= 4 is 21.8 Å². The van der Waals surface area contributed by atoms with Crippen molar-refractivity contribution in [2.75, 3.05) is 0 Å². The Hall–Kier alpha value is -3.69. The van der Waals surface area contributed by atoms with E-state index in [1.165, 1.54) is 16.3 Å². The van der Waals surface area contributed by atoms with E-state index in [0.717, 1.165) is 45.4 Å². The molecule has 6 aromatic rings. The molecular formula is C29H24N4OPt. The van der Waals surface area contributed by atoms with Gasteiger partial charge in [-0.25, -0.2) is 9.67 Å². The van der Waals surface area contributed by atoms with Crippen molar-refractivity contribution in [1.29, 1.82) is 0 Å². The SMILES string of the molecule is Cc1ccnc(-n2c3ccccc3c3ccc(Oc4cccc(-n5nc(C)cc5C)c4)cc32)c1.[Pt]. The van der Waals surface area contributed by atoms with Crippen LogP contribution in [0.25, 0.3) is 33.3 Å². The van der Waals surface area contributed by atoms with E-state index in [-0.39, 0.29) is 21.1 Å². The molecule has 35 heavy (non-hydrogen) atoms. The summed E-state index contributed by atoms with van der Waals surface area (Å²) >= 11 is 0.